The molecule has 1 aromatic rings. The quantitative estimate of drug-likeness (QED) is 0.748. The van der Waals surface area contributed by atoms with Gasteiger partial charge in [0.05, 0.1) is 17.2 Å². The zero-order chi connectivity index (χ0) is 15.0. The summed E-state index contributed by atoms with van der Waals surface area (Å²) in [5.74, 6) is -0.208. The number of rotatable bonds is 8. The number of carbonyl (C=O) groups excluding carboxylic acids is 1. The summed E-state index contributed by atoms with van der Waals surface area (Å²) in [5, 5.41) is 9.81. The summed E-state index contributed by atoms with van der Waals surface area (Å²) in [5.41, 5.74) is 0.292. The van der Waals surface area contributed by atoms with Gasteiger partial charge < -0.3 is 19.5 Å². The summed E-state index contributed by atoms with van der Waals surface area (Å²) in [4.78, 5) is 14.1. The molecular formula is C14H20ClNO4. The Morgan fingerprint density at radius 1 is 1.25 bits per heavy atom. The zero-order valence-electron chi connectivity index (χ0n) is 11.8. The van der Waals surface area contributed by atoms with E-state index >= 15 is 0 Å². The summed E-state index contributed by atoms with van der Waals surface area (Å²) in [7, 11) is 3.20. The predicted octanol–water partition coefficient (Wildman–Crippen LogP) is 2.17. The molecule has 1 amide bonds. The molecule has 0 spiro atoms. The topological polar surface area (TPSA) is 59.0 Å². The van der Waals surface area contributed by atoms with Crippen molar-refractivity contribution in [2.24, 2.45) is 0 Å². The van der Waals surface area contributed by atoms with E-state index in [1.165, 1.54) is 18.2 Å². The van der Waals surface area contributed by atoms with Gasteiger partial charge in [-0.15, -0.1) is 0 Å². The first-order chi connectivity index (χ1) is 9.60. The molecule has 0 saturated heterocycles. The van der Waals surface area contributed by atoms with Crippen LogP contribution in [0.2, 0.25) is 5.02 Å². The number of methoxy groups -OCH3 is 2. The number of nitrogens with zero attached hydrogens (tertiary/aromatic N) is 1. The Hall–Kier alpha value is -1.30. The van der Waals surface area contributed by atoms with Crippen molar-refractivity contribution in [1.29, 1.82) is 0 Å². The second-order valence-corrected chi connectivity index (χ2v) is 4.70. The van der Waals surface area contributed by atoms with E-state index in [-0.39, 0.29) is 11.7 Å². The van der Waals surface area contributed by atoms with Crippen molar-refractivity contribution in [3.05, 3.63) is 28.8 Å². The molecule has 1 rings (SSSR count). The first kappa shape index (κ1) is 16.8. The number of hydrogen-bond acceptors (Lipinski definition) is 4. The van der Waals surface area contributed by atoms with Gasteiger partial charge in [0.2, 0.25) is 0 Å². The maximum atomic E-state index is 12.5. The summed E-state index contributed by atoms with van der Waals surface area (Å²) < 4.78 is 10.0. The largest absolute Gasteiger partial charge is 0.508 e. The number of benzene rings is 1. The number of hydrogen-bond donors (Lipinski definition) is 1. The van der Waals surface area contributed by atoms with Gasteiger partial charge in [-0.2, -0.15) is 0 Å². The lowest BCUT2D eigenvalue weighted by Crippen LogP contribution is -2.35. The average molecular weight is 302 g/mol. The highest BCUT2D eigenvalue weighted by Gasteiger charge is 2.18. The molecule has 0 unspecified atom stereocenters. The van der Waals surface area contributed by atoms with Gasteiger partial charge >= 0.3 is 0 Å². The van der Waals surface area contributed by atoms with Crippen molar-refractivity contribution in [1.82, 2.24) is 4.90 Å². The minimum Gasteiger partial charge on any atom is -0.508 e. The Labute approximate surface area is 124 Å². The Morgan fingerprint density at radius 2 is 1.95 bits per heavy atom. The van der Waals surface area contributed by atoms with Crippen LogP contribution in [0.25, 0.3) is 0 Å². The molecule has 6 heteroatoms. The lowest BCUT2D eigenvalue weighted by molar-refractivity contribution is 0.0674. The van der Waals surface area contributed by atoms with Crippen LogP contribution in [0.3, 0.4) is 0 Å². The Bertz CT molecular complexity index is 439. The van der Waals surface area contributed by atoms with Crippen molar-refractivity contribution in [2.45, 2.75) is 6.42 Å². The van der Waals surface area contributed by atoms with Crippen LogP contribution < -0.4 is 0 Å². The van der Waals surface area contributed by atoms with Crippen molar-refractivity contribution >= 4 is 17.5 Å². The monoisotopic (exact) mass is 301 g/mol. The second-order valence-electron chi connectivity index (χ2n) is 4.30. The van der Waals surface area contributed by atoms with Crippen LogP contribution in [0.5, 0.6) is 5.75 Å². The van der Waals surface area contributed by atoms with Crippen molar-refractivity contribution in [2.75, 3.05) is 40.5 Å². The van der Waals surface area contributed by atoms with E-state index in [1.54, 1.807) is 19.1 Å². The molecule has 0 aromatic heterocycles. The fraction of sp³-hybridized carbons (Fsp3) is 0.500. The molecule has 5 nitrogen and oxygen atoms in total. The number of aromatic hydroxyl groups is 1. The third-order valence-corrected chi connectivity index (χ3v) is 3.14. The van der Waals surface area contributed by atoms with Crippen molar-refractivity contribution in [3.63, 3.8) is 0 Å². The summed E-state index contributed by atoms with van der Waals surface area (Å²) in [6, 6.07) is 4.33. The summed E-state index contributed by atoms with van der Waals surface area (Å²) in [6.45, 7) is 2.02. The molecule has 0 heterocycles. The molecule has 1 N–H and O–H groups in total. The van der Waals surface area contributed by atoms with Crippen LogP contribution in [0, 0.1) is 0 Å². The van der Waals surface area contributed by atoms with E-state index in [1.807, 2.05) is 0 Å². The number of carbonyl (C=O) groups is 1. The fourth-order valence-electron chi connectivity index (χ4n) is 1.76. The Balaban J connectivity index is 2.82. The molecule has 1 aromatic carbocycles. The van der Waals surface area contributed by atoms with E-state index < -0.39 is 0 Å². The van der Waals surface area contributed by atoms with Gasteiger partial charge in [-0.1, -0.05) is 11.6 Å². The maximum Gasteiger partial charge on any atom is 0.255 e. The van der Waals surface area contributed by atoms with E-state index in [0.717, 1.165) is 6.42 Å². The highest BCUT2D eigenvalue weighted by molar-refractivity contribution is 6.33. The van der Waals surface area contributed by atoms with Crippen LogP contribution in [-0.4, -0.2) is 56.4 Å². The van der Waals surface area contributed by atoms with E-state index in [9.17, 15) is 9.90 Å². The minimum atomic E-state index is -0.223. The number of phenols is 1. The van der Waals surface area contributed by atoms with Gasteiger partial charge in [0, 0.05) is 33.9 Å². The molecule has 0 bridgehead atoms. The van der Waals surface area contributed by atoms with Crippen LogP contribution >= 0.6 is 11.6 Å². The number of phenolic OH excluding ortho intramolecular Hbond substituents is 1. The van der Waals surface area contributed by atoms with Gasteiger partial charge in [-0.25, -0.2) is 0 Å². The average Bonchev–Trinajstić information content (AvgIpc) is 2.44. The lowest BCUT2D eigenvalue weighted by Gasteiger charge is -2.23. The highest BCUT2D eigenvalue weighted by Crippen LogP contribution is 2.22. The second kappa shape index (κ2) is 8.79. The minimum absolute atomic E-state index is 0.0151. The third-order valence-electron chi connectivity index (χ3n) is 2.81. The molecule has 0 radical (unpaired) electrons. The number of ether oxygens (including phenoxy) is 2. The first-order valence-electron chi connectivity index (χ1n) is 6.35. The van der Waals surface area contributed by atoms with Gasteiger partial charge in [-0.3, -0.25) is 4.79 Å². The highest BCUT2D eigenvalue weighted by atomic mass is 35.5. The molecule has 0 aliphatic heterocycles. The normalized spacial score (nSPS) is 10.6. The van der Waals surface area contributed by atoms with Crippen LogP contribution in [-0.2, 0) is 9.47 Å². The first-order valence-corrected chi connectivity index (χ1v) is 6.73. The van der Waals surface area contributed by atoms with Gasteiger partial charge in [-0.05, 0) is 24.6 Å². The molecule has 0 saturated carbocycles. The van der Waals surface area contributed by atoms with E-state index in [4.69, 9.17) is 21.1 Å². The van der Waals surface area contributed by atoms with E-state index in [2.05, 4.69) is 0 Å². The van der Waals surface area contributed by atoms with Crippen LogP contribution in [0.15, 0.2) is 18.2 Å². The lowest BCUT2D eigenvalue weighted by atomic mass is 10.1. The van der Waals surface area contributed by atoms with Crippen molar-refractivity contribution in [3.8, 4) is 5.75 Å². The predicted molar refractivity (Wildman–Crippen MR) is 77.4 cm³/mol. The molecule has 0 aliphatic carbocycles. The Morgan fingerprint density at radius 3 is 2.60 bits per heavy atom. The molecule has 112 valence electrons. The molecule has 0 aliphatic rings. The van der Waals surface area contributed by atoms with Gasteiger partial charge in [0.15, 0.2) is 0 Å². The van der Waals surface area contributed by atoms with Crippen LogP contribution in [0.4, 0.5) is 0 Å². The smallest absolute Gasteiger partial charge is 0.255 e. The summed E-state index contributed by atoms with van der Waals surface area (Å²) in [6.07, 6.45) is 0.725. The van der Waals surface area contributed by atoms with Gasteiger partial charge in [0.25, 0.3) is 5.91 Å². The summed E-state index contributed by atoms with van der Waals surface area (Å²) >= 11 is 6.02. The number of amides is 1. The molecule has 0 atom stereocenters. The standard InChI is InChI=1S/C14H20ClNO4/c1-19-8-3-6-16(7-9-20-2)14(18)12-10-11(17)4-5-13(12)15/h4-5,10,17H,3,6-9H2,1-2H3. The maximum absolute atomic E-state index is 12.5. The molecule has 20 heavy (non-hydrogen) atoms. The molecular weight excluding hydrogens is 282 g/mol. The van der Waals surface area contributed by atoms with E-state index in [0.29, 0.717) is 36.9 Å². The SMILES string of the molecule is COCCCN(CCOC)C(=O)c1cc(O)ccc1Cl. The van der Waals surface area contributed by atoms with Gasteiger partial charge in [0.1, 0.15) is 5.75 Å². The Kier molecular flexibility index (Phi) is 7.36. The zero-order valence-corrected chi connectivity index (χ0v) is 12.5. The third kappa shape index (κ3) is 5.00. The number of halogens is 1. The van der Waals surface area contributed by atoms with Crippen LogP contribution in [0.1, 0.15) is 16.8 Å². The molecule has 0 fully saturated rings. The fourth-order valence-corrected chi connectivity index (χ4v) is 1.96. The van der Waals surface area contributed by atoms with Crippen molar-refractivity contribution < 1.29 is 19.4 Å².